The Morgan fingerprint density at radius 3 is 2.84 bits per heavy atom. The van der Waals surface area contributed by atoms with Gasteiger partial charge in [-0.2, -0.15) is 0 Å². The molecular weight excluding hydrogens is 328 g/mol. The van der Waals surface area contributed by atoms with Crippen LogP contribution in [0, 0.1) is 0 Å². The topological polar surface area (TPSA) is 126 Å². The van der Waals surface area contributed by atoms with Gasteiger partial charge in [0.2, 0.25) is 5.91 Å². The number of amides is 5. The lowest BCUT2D eigenvalue weighted by molar-refractivity contribution is -0.123. The quantitative estimate of drug-likeness (QED) is 0.566. The van der Waals surface area contributed by atoms with E-state index in [-0.39, 0.29) is 37.3 Å². The zero-order valence-corrected chi connectivity index (χ0v) is 13.5. The molecule has 132 valence electrons. The van der Waals surface area contributed by atoms with E-state index in [1.165, 1.54) is 0 Å². The average molecular weight is 346 g/mol. The Morgan fingerprint density at radius 2 is 2.12 bits per heavy atom. The van der Waals surface area contributed by atoms with Gasteiger partial charge in [-0.1, -0.05) is 6.07 Å². The number of rotatable bonds is 5. The van der Waals surface area contributed by atoms with Crippen LogP contribution >= 0.6 is 0 Å². The van der Waals surface area contributed by atoms with Gasteiger partial charge in [-0.3, -0.25) is 19.7 Å². The molecule has 0 radical (unpaired) electrons. The first-order valence-electron chi connectivity index (χ1n) is 7.89. The van der Waals surface area contributed by atoms with Crippen molar-refractivity contribution in [1.29, 1.82) is 0 Å². The average Bonchev–Trinajstić information content (AvgIpc) is 2.89. The van der Waals surface area contributed by atoms with E-state index in [0.717, 1.165) is 5.56 Å². The molecule has 2 unspecified atom stereocenters. The smallest absolute Gasteiger partial charge is 0.322 e. The second kappa shape index (κ2) is 6.80. The molecule has 1 aromatic carbocycles. The normalized spacial score (nSPS) is 19.9. The highest BCUT2D eigenvalue weighted by Gasteiger charge is 2.29. The Kier molecular flexibility index (Phi) is 4.55. The van der Waals surface area contributed by atoms with E-state index in [1.54, 1.807) is 12.1 Å². The first-order valence-corrected chi connectivity index (χ1v) is 7.89. The van der Waals surface area contributed by atoms with Gasteiger partial charge in [0, 0.05) is 6.42 Å². The Hall–Kier alpha value is -3.10. The Labute approximate surface area is 143 Å². The van der Waals surface area contributed by atoms with Crippen molar-refractivity contribution >= 4 is 29.4 Å². The lowest BCUT2D eigenvalue weighted by Crippen LogP contribution is -2.32. The first kappa shape index (κ1) is 16.7. The molecule has 0 saturated carbocycles. The van der Waals surface area contributed by atoms with Gasteiger partial charge in [0.05, 0.1) is 11.7 Å². The molecule has 1 saturated heterocycles. The fourth-order valence-electron chi connectivity index (χ4n) is 2.70. The van der Waals surface area contributed by atoms with E-state index in [4.69, 9.17) is 4.74 Å². The molecule has 0 aliphatic carbocycles. The maximum Gasteiger partial charge on any atom is 0.322 e. The van der Waals surface area contributed by atoms with Gasteiger partial charge in [-0.05, 0) is 31.0 Å². The van der Waals surface area contributed by atoms with E-state index in [0.29, 0.717) is 11.4 Å². The summed E-state index contributed by atoms with van der Waals surface area (Å²) in [6.45, 7) is 1.80. The van der Waals surface area contributed by atoms with Gasteiger partial charge in [-0.25, -0.2) is 4.79 Å². The first-order chi connectivity index (χ1) is 11.9. The highest BCUT2D eigenvalue weighted by molar-refractivity contribution is 6.04. The van der Waals surface area contributed by atoms with Crippen molar-refractivity contribution in [2.75, 3.05) is 11.9 Å². The molecule has 2 aliphatic rings. The number of hydrogen-bond acceptors (Lipinski definition) is 5. The van der Waals surface area contributed by atoms with Crippen LogP contribution in [0.25, 0.3) is 0 Å². The van der Waals surface area contributed by atoms with Gasteiger partial charge in [0.25, 0.3) is 11.8 Å². The van der Waals surface area contributed by atoms with E-state index < -0.39 is 18.0 Å². The maximum absolute atomic E-state index is 12.1. The summed E-state index contributed by atoms with van der Waals surface area (Å²) in [4.78, 5) is 45.9. The van der Waals surface area contributed by atoms with Crippen LogP contribution in [0.4, 0.5) is 10.5 Å². The summed E-state index contributed by atoms with van der Waals surface area (Å²) >= 11 is 0. The summed E-state index contributed by atoms with van der Waals surface area (Å²) in [6.07, 6.45) is 0.331. The van der Waals surface area contributed by atoms with Crippen LogP contribution in [-0.2, 0) is 14.4 Å². The molecule has 0 bridgehead atoms. The highest BCUT2D eigenvalue weighted by Crippen LogP contribution is 2.30. The third-order valence-electron chi connectivity index (χ3n) is 4.03. The number of imide groups is 1. The number of ether oxygens (including phenoxy) is 1. The largest absolute Gasteiger partial charge is 0.482 e. The predicted octanol–water partition coefficient (Wildman–Crippen LogP) is 0.183. The fraction of sp³-hybridized carbons (Fsp3) is 0.375. The van der Waals surface area contributed by atoms with E-state index in [2.05, 4.69) is 21.3 Å². The van der Waals surface area contributed by atoms with Crippen LogP contribution in [0.3, 0.4) is 0 Å². The van der Waals surface area contributed by atoms with Gasteiger partial charge in [-0.15, -0.1) is 0 Å². The number of benzene rings is 1. The fourth-order valence-corrected chi connectivity index (χ4v) is 2.70. The van der Waals surface area contributed by atoms with E-state index in [1.807, 2.05) is 13.0 Å². The lowest BCUT2D eigenvalue weighted by Gasteiger charge is -2.21. The minimum atomic E-state index is -0.676. The van der Waals surface area contributed by atoms with Crippen LogP contribution in [0.5, 0.6) is 5.75 Å². The number of hydrogen-bond donors (Lipinski definition) is 4. The number of urea groups is 1. The molecule has 2 aliphatic heterocycles. The molecular formula is C16H18N4O5. The van der Waals surface area contributed by atoms with Gasteiger partial charge < -0.3 is 20.7 Å². The minimum absolute atomic E-state index is 0.0100. The summed E-state index contributed by atoms with van der Waals surface area (Å²) < 4.78 is 5.29. The third kappa shape index (κ3) is 3.87. The molecule has 0 aromatic heterocycles. The van der Waals surface area contributed by atoms with Crippen LogP contribution in [-0.4, -0.2) is 36.4 Å². The summed E-state index contributed by atoms with van der Waals surface area (Å²) in [5.41, 5.74) is 1.38. The zero-order valence-electron chi connectivity index (χ0n) is 13.5. The number of carbonyl (C=O) groups is 4. The standard InChI is InChI=1S/C16H18N4O5/c1-8(9-2-4-12-11(6-9)18-14(22)7-25-12)17-13(21)5-3-10-15(23)20-16(24)19-10/h2,4,6,8,10H,3,5,7H2,1H3,(H,17,21)(H,18,22)(H2,19,20,23,24). The highest BCUT2D eigenvalue weighted by atomic mass is 16.5. The zero-order chi connectivity index (χ0) is 18.0. The van der Waals surface area contributed by atoms with Crippen LogP contribution < -0.4 is 26.0 Å². The van der Waals surface area contributed by atoms with Crippen molar-refractivity contribution < 1.29 is 23.9 Å². The summed E-state index contributed by atoms with van der Waals surface area (Å²) in [5, 5.41) is 10.1. The van der Waals surface area contributed by atoms with Gasteiger partial charge >= 0.3 is 6.03 Å². The van der Waals surface area contributed by atoms with Crippen molar-refractivity contribution in [3.63, 3.8) is 0 Å². The summed E-state index contributed by atoms with van der Waals surface area (Å²) in [5.74, 6) is -0.293. The molecule has 4 N–H and O–H groups in total. The Balaban J connectivity index is 1.55. The Morgan fingerprint density at radius 1 is 1.32 bits per heavy atom. The molecule has 1 aromatic rings. The maximum atomic E-state index is 12.1. The second-order valence-corrected chi connectivity index (χ2v) is 5.94. The molecule has 9 nitrogen and oxygen atoms in total. The third-order valence-corrected chi connectivity index (χ3v) is 4.03. The molecule has 3 rings (SSSR count). The number of anilines is 1. The molecule has 9 heteroatoms. The van der Waals surface area contributed by atoms with Crippen molar-refractivity contribution in [3.05, 3.63) is 23.8 Å². The predicted molar refractivity (Wildman–Crippen MR) is 86.8 cm³/mol. The summed E-state index contributed by atoms with van der Waals surface area (Å²) in [7, 11) is 0. The Bertz CT molecular complexity index is 748. The van der Waals surface area contributed by atoms with Gasteiger partial charge in [0.15, 0.2) is 6.61 Å². The molecule has 25 heavy (non-hydrogen) atoms. The van der Waals surface area contributed by atoms with Crippen LogP contribution in [0.1, 0.15) is 31.4 Å². The van der Waals surface area contributed by atoms with Gasteiger partial charge in [0.1, 0.15) is 11.8 Å². The molecule has 5 amide bonds. The molecule has 2 atom stereocenters. The van der Waals surface area contributed by atoms with E-state index in [9.17, 15) is 19.2 Å². The van der Waals surface area contributed by atoms with Crippen molar-refractivity contribution in [2.45, 2.75) is 31.8 Å². The minimum Gasteiger partial charge on any atom is -0.482 e. The second-order valence-electron chi connectivity index (χ2n) is 5.94. The van der Waals surface area contributed by atoms with Crippen LogP contribution in [0.2, 0.25) is 0 Å². The summed E-state index contributed by atoms with van der Waals surface area (Å²) in [6, 6.07) is 3.80. The van der Waals surface area contributed by atoms with Crippen molar-refractivity contribution in [2.24, 2.45) is 0 Å². The monoisotopic (exact) mass is 346 g/mol. The number of carbonyl (C=O) groups excluding carboxylic acids is 4. The number of nitrogens with one attached hydrogen (secondary N) is 4. The number of fused-ring (bicyclic) bond motifs is 1. The SMILES string of the molecule is CC(NC(=O)CCC1NC(=O)NC1=O)c1ccc2c(c1)NC(=O)CO2. The van der Waals surface area contributed by atoms with Crippen molar-refractivity contribution in [1.82, 2.24) is 16.0 Å². The van der Waals surface area contributed by atoms with Crippen molar-refractivity contribution in [3.8, 4) is 5.75 Å². The lowest BCUT2D eigenvalue weighted by atomic mass is 10.1. The van der Waals surface area contributed by atoms with Crippen LogP contribution in [0.15, 0.2) is 18.2 Å². The molecule has 0 spiro atoms. The molecule has 2 heterocycles. The van der Waals surface area contributed by atoms with E-state index >= 15 is 0 Å². The molecule has 1 fully saturated rings.